The number of oxime groups is 1. The Morgan fingerprint density at radius 1 is 0.893 bits per heavy atom. The molecule has 0 fully saturated rings. The van der Waals surface area contributed by atoms with Crippen molar-refractivity contribution in [1.29, 1.82) is 0 Å². The van der Waals surface area contributed by atoms with Crippen LogP contribution in [0.5, 0.6) is 0 Å². The maximum absolute atomic E-state index is 13.3. The van der Waals surface area contributed by atoms with Gasteiger partial charge in [0, 0.05) is 17.3 Å². The summed E-state index contributed by atoms with van der Waals surface area (Å²) in [4.78, 5) is 5.42. The standard InChI is InChI=1S/C23H18FN3O/c24-21-13-11-19(12-14-21)23-20(15-25-28-17-18-7-3-1-4-8-18)16-27(26-23)22-9-5-2-6-10-22/h1-16H,17H2/b25-15+. The number of nitrogens with zero attached hydrogens (tertiary/aromatic N) is 3. The number of hydrogen-bond acceptors (Lipinski definition) is 3. The van der Waals surface area contributed by atoms with Crippen LogP contribution in [0.25, 0.3) is 16.9 Å². The first-order valence-electron chi connectivity index (χ1n) is 8.90. The lowest BCUT2D eigenvalue weighted by atomic mass is 10.1. The summed E-state index contributed by atoms with van der Waals surface area (Å²) in [5.74, 6) is -0.285. The minimum Gasteiger partial charge on any atom is -0.391 e. The van der Waals surface area contributed by atoms with Gasteiger partial charge in [-0.2, -0.15) is 5.10 Å². The van der Waals surface area contributed by atoms with Crippen LogP contribution in [0.15, 0.2) is 96.3 Å². The van der Waals surface area contributed by atoms with Crippen molar-refractivity contribution in [1.82, 2.24) is 9.78 Å². The Morgan fingerprint density at radius 2 is 1.57 bits per heavy atom. The van der Waals surface area contributed by atoms with Gasteiger partial charge in [-0.05, 0) is 42.0 Å². The summed E-state index contributed by atoms with van der Waals surface area (Å²) in [5, 5.41) is 8.76. The number of rotatable bonds is 6. The molecule has 4 nitrogen and oxygen atoms in total. The topological polar surface area (TPSA) is 39.4 Å². The van der Waals surface area contributed by atoms with Gasteiger partial charge in [0.2, 0.25) is 0 Å². The van der Waals surface area contributed by atoms with Gasteiger partial charge in [-0.1, -0.05) is 53.7 Å². The zero-order valence-corrected chi connectivity index (χ0v) is 15.1. The molecule has 0 atom stereocenters. The van der Waals surface area contributed by atoms with E-state index in [1.165, 1.54) is 12.1 Å². The molecule has 1 heterocycles. The van der Waals surface area contributed by atoms with E-state index in [1.807, 2.05) is 66.9 Å². The van der Waals surface area contributed by atoms with E-state index in [0.717, 1.165) is 22.4 Å². The number of benzene rings is 3. The van der Waals surface area contributed by atoms with Crippen molar-refractivity contribution in [2.24, 2.45) is 5.16 Å². The minimum absolute atomic E-state index is 0.285. The molecule has 0 bridgehead atoms. The highest BCUT2D eigenvalue weighted by Crippen LogP contribution is 2.23. The second-order valence-electron chi connectivity index (χ2n) is 6.21. The third-order valence-corrected chi connectivity index (χ3v) is 4.22. The maximum Gasteiger partial charge on any atom is 0.142 e. The van der Waals surface area contributed by atoms with Crippen LogP contribution in [0.3, 0.4) is 0 Å². The second kappa shape index (κ2) is 8.31. The molecule has 0 radical (unpaired) electrons. The number of halogens is 1. The fourth-order valence-electron chi connectivity index (χ4n) is 2.81. The van der Waals surface area contributed by atoms with Crippen LogP contribution >= 0.6 is 0 Å². The largest absolute Gasteiger partial charge is 0.391 e. The smallest absolute Gasteiger partial charge is 0.142 e. The van der Waals surface area contributed by atoms with Crippen molar-refractivity contribution in [2.45, 2.75) is 6.61 Å². The van der Waals surface area contributed by atoms with Gasteiger partial charge in [0.05, 0.1) is 11.9 Å². The van der Waals surface area contributed by atoms with Gasteiger partial charge < -0.3 is 4.84 Å². The Balaban J connectivity index is 1.61. The monoisotopic (exact) mass is 371 g/mol. The van der Waals surface area contributed by atoms with Crippen LogP contribution in [0.2, 0.25) is 0 Å². The molecule has 3 aromatic carbocycles. The number of aromatic nitrogens is 2. The highest BCUT2D eigenvalue weighted by atomic mass is 19.1. The van der Waals surface area contributed by atoms with E-state index in [-0.39, 0.29) is 5.82 Å². The van der Waals surface area contributed by atoms with E-state index >= 15 is 0 Å². The lowest BCUT2D eigenvalue weighted by Crippen LogP contribution is -1.94. The van der Waals surface area contributed by atoms with Gasteiger partial charge in [-0.3, -0.25) is 0 Å². The average molecular weight is 371 g/mol. The van der Waals surface area contributed by atoms with Crippen molar-refractivity contribution >= 4 is 6.21 Å². The summed E-state index contributed by atoms with van der Waals surface area (Å²) in [6.07, 6.45) is 3.51. The van der Waals surface area contributed by atoms with Crippen molar-refractivity contribution < 1.29 is 9.23 Å². The van der Waals surface area contributed by atoms with Crippen LogP contribution in [0.4, 0.5) is 4.39 Å². The summed E-state index contributed by atoms with van der Waals surface area (Å²) in [5.41, 5.74) is 4.26. The molecule has 5 heteroatoms. The fraction of sp³-hybridized carbons (Fsp3) is 0.0435. The van der Waals surface area contributed by atoms with Crippen LogP contribution in [-0.4, -0.2) is 16.0 Å². The van der Waals surface area contributed by atoms with E-state index in [1.54, 1.807) is 23.0 Å². The number of para-hydroxylation sites is 1. The van der Waals surface area contributed by atoms with E-state index in [9.17, 15) is 4.39 Å². The highest BCUT2D eigenvalue weighted by molar-refractivity contribution is 5.88. The normalized spacial score (nSPS) is 11.0. The molecule has 0 aliphatic carbocycles. The lowest BCUT2D eigenvalue weighted by Gasteiger charge is -2.00. The molecule has 0 aliphatic heterocycles. The van der Waals surface area contributed by atoms with Gasteiger partial charge in [-0.25, -0.2) is 9.07 Å². The summed E-state index contributed by atoms with van der Waals surface area (Å²) < 4.78 is 15.1. The molecule has 0 unspecified atom stereocenters. The molecule has 4 aromatic rings. The summed E-state index contributed by atoms with van der Waals surface area (Å²) in [6.45, 7) is 0.385. The Hall–Kier alpha value is -3.73. The van der Waals surface area contributed by atoms with Crippen LogP contribution in [0, 0.1) is 5.82 Å². The molecule has 4 rings (SSSR count). The maximum atomic E-state index is 13.3. The summed E-state index contributed by atoms with van der Waals surface area (Å²) >= 11 is 0. The third-order valence-electron chi connectivity index (χ3n) is 4.22. The minimum atomic E-state index is -0.285. The molecule has 0 aliphatic rings. The van der Waals surface area contributed by atoms with E-state index in [2.05, 4.69) is 10.3 Å². The Bertz CT molecular complexity index is 1060. The predicted molar refractivity (Wildman–Crippen MR) is 108 cm³/mol. The molecule has 0 N–H and O–H groups in total. The molecule has 138 valence electrons. The SMILES string of the molecule is Fc1ccc(-c2nn(-c3ccccc3)cc2/C=N/OCc2ccccc2)cc1. The number of hydrogen-bond donors (Lipinski definition) is 0. The Kier molecular flexibility index (Phi) is 5.24. The fourth-order valence-corrected chi connectivity index (χ4v) is 2.81. The highest BCUT2D eigenvalue weighted by Gasteiger charge is 2.11. The first-order valence-corrected chi connectivity index (χ1v) is 8.90. The molecule has 0 saturated carbocycles. The molecule has 0 spiro atoms. The Labute approximate surface area is 162 Å². The molecule has 0 amide bonds. The van der Waals surface area contributed by atoms with Crippen molar-refractivity contribution in [3.05, 3.63) is 108 Å². The lowest BCUT2D eigenvalue weighted by molar-refractivity contribution is 0.132. The first-order chi connectivity index (χ1) is 13.8. The van der Waals surface area contributed by atoms with Crippen LogP contribution < -0.4 is 0 Å². The quantitative estimate of drug-likeness (QED) is 0.344. The molecule has 1 aromatic heterocycles. The van der Waals surface area contributed by atoms with E-state index in [4.69, 9.17) is 4.84 Å². The van der Waals surface area contributed by atoms with Gasteiger partial charge in [0.1, 0.15) is 18.1 Å². The van der Waals surface area contributed by atoms with Gasteiger partial charge in [-0.15, -0.1) is 0 Å². The van der Waals surface area contributed by atoms with E-state index < -0.39 is 0 Å². The van der Waals surface area contributed by atoms with Crippen molar-refractivity contribution in [2.75, 3.05) is 0 Å². The van der Waals surface area contributed by atoms with Crippen LogP contribution in [-0.2, 0) is 11.4 Å². The Morgan fingerprint density at radius 3 is 2.29 bits per heavy atom. The average Bonchev–Trinajstić information content (AvgIpc) is 3.17. The third kappa shape index (κ3) is 4.15. The molecule has 28 heavy (non-hydrogen) atoms. The second-order valence-corrected chi connectivity index (χ2v) is 6.21. The van der Waals surface area contributed by atoms with E-state index in [0.29, 0.717) is 12.3 Å². The van der Waals surface area contributed by atoms with Gasteiger partial charge in [0.15, 0.2) is 0 Å². The molecular formula is C23H18FN3O. The zero-order valence-electron chi connectivity index (χ0n) is 15.1. The summed E-state index contributed by atoms with van der Waals surface area (Å²) in [7, 11) is 0. The van der Waals surface area contributed by atoms with Gasteiger partial charge >= 0.3 is 0 Å². The predicted octanol–water partition coefficient (Wildman–Crippen LogP) is 5.23. The van der Waals surface area contributed by atoms with Crippen LogP contribution in [0.1, 0.15) is 11.1 Å². The molecule has 0 saturated heterocycles. The molecular weight excluding hydrogens is 353 g/mol. The van der Waals surface area contributed by atoms with Gasteiger partial charge in [0.25, 0.3) is 0 Å². The van der Waals surface area contributed by atoms with Crippen molar-refractivity contribution in [3.63, 3.8) is 0 Å². The summed E-state index contributed by atoms with van der Waals surface area (Å²) in [6, 6.07) is 25.9. The first kappa shape index (κ1) is 17.7. The van der Waals surface area contributed by atoms with Crippen molar-refractivity contribution in [3.8, 4) is 16.9 Å². The zero-order chi connectivity index (χ0) is 19.2.